The molecule has 1 amide bonds. The number of amides is 1. The van der Waals surface area contributed by atoms with E-state index in [0.717, 1.165) is 28.1 Å². The number of H-pyrrole nitrogens is 1. The highest BCUT2D eigenvalue weighted by Gasteiger charge is 2.30. The number of rotatable bonds is 2. The van der Waals surface area contributed by atoms with Crippen LogP contribution in [0, 0.1) is 0 Å². The molecule has 0 saturated heterocycles. The van der Waals surface area contributed by atoms with E-state index in [0.29, 0.717) is 24.0 Å². The second kappa shape index (κ2) is 6.29. The number of carbonyl (C=O) groups is 1. The fourth-order valence-electron chi connectivity index (χ4n) is 3.48. The SMILES string of the molecule is CC(C)(C)c1n[nH]c2c1CN(C(=O)Cn1nnc3ccccc3c1=O)CC2. The minimum absolute atomic E-state index is 0.100. The Morgan fingerprint density at radius 1 is 1.26 bits per heavy atom. The minimum Gasteiger partial charge on any atom is -0.336 e. The molecule has 1 aliphatic rings. The van der Waals surface area contributed by atoms with Gasteiger partial charge in [-0.05, 0) is 12.1 Å². The van der Waals surface area contributed by atoms with Gasteiger partial charge in [0.1, 0.15) is 12.1 Å². The summed E-state index contributed by atoms with van der Waals surface area (Å²) in [7, 11) is 0. The van der Waals surface area contributed by atoms with E-state index in [1.54, 1.807) is 29.2 Å². The number of aromatic amines is 1. The summed E-state index contributed by atoms with van der Waals surface area (Å²) < 4.78 is 1.14. The lowest BCUT2D eigenvalue weighted by Gasteiger charge is -2.29. The van der Waals surface area contributed by atoms with Crippen molar-refractivity contribution in [3.05, 3.63) is 51.6 Å². The number of hydrogen-bond acceptors (Lipinski definition) is 5. The predicted octanol–water partition coefficient (Wildman–Crippen LogP) is 1.40. The third-order valence-electron chi connectivity index (χ3n) is 4.91. The van der Waals surface area contributed by atoms with Crippen LogP contribution >= 0.6 is 0 Å². The van der Waals surface area contributed by atoms with Crippen LogP contribution in [0.5, 0.6) is 0 Å². The van der Waals surface area contributed by atoms with Crippen molar-refractivity contribution in [3.8, 4) is 0 Å². The fourth-order valence-corrected chi connectivity index (χ4v) is 3.48. The highest BCUT2D eigenvalue weighted by molar-refractivity contribution is 5.78. The molecule has 1 N–H and O–H groups in total. The number of aromatic nitrogens is 5. The lowest BCUT2D eigenvalue weighted by molar-refractivity contribution is -0.133. The first kappa shape index (κ1) is 17.4. The van der Waals surface area contributed by atoms with Crippen molar-refractivity contribution in [1.29, 1.82) is 0 Å². The van der Waals surface area contributed by atoms with Gasteiger partial charge < -0.3 is 4.90 Å². The van der Waals surface area contributed by atoms with E-state index in [9.17, 15) is 9.59 Å². The molecule has 0 spiro atoms. The molecule has 140 valence electrons. The summed E-state index contributed by atoms with van der Waals surface area (Å²) in [4.78, 5) is 27.1. The maximum atomic E-state index is 12.8. The molecular weight excluding hydrogens is 344 g/mol. The maximum absolute atomic E-state index is 12.8. The Morgan fingerprint density at radius 2 is 2.04 bits per heavy atom. The molecule has 0 atom stereocenters. The molecule has 0 unspecified atom stereocenters. The molecule has 3 aromatic rings. The van der Waals surface area contributed by atoms with Gasteiger partial charge in [0.05, 0.1) is 11.1 Å². The highest BCUT2D eigenvalue weighted by atomic mass is 16.2. The van der Waals surface area contributed by atoms with Gasteiger partial charge in [-0.15, -0.1) is 5.10 Å². The Labute approximate surface area is 156 Å². The summed E-state index contributed by atoms with van der Waals surface area (Å²) >= 11 is 0. The van der Waals surface area contributed by atoms with Crippen molar-refractivity contribution >= 4 is 16.8 Å². The third kappa shape index (κ3) is 3.11. The van der Waals surface area contributed by atoms with Crippen LogP contribution in [0.1, 0.15) is 37.7 Å². The Morgan fingerprint density at radius 3 is 2.81 bits per heavy atom. The van der Waals surface area contributed by atoms with E-state index in [4.69, 9.17) is 0 Å². The van der Waals surface area contributed by atoms with Crippen molar-refractivity contribution in [2.75, 3.05) is 6.54 Å². The van der Waals surface area contributed by atoms with E-state index in [2.05, 4.69) is 41.3 Å². The van der Waals surface area contributed by atoms with Crippen molar-refractivity contribution in [1.82, 2.24) is 30.1 Å². The topological polar surface area (TPSA) is 96.8 Å². The van der Waals surface area contributed by atoms with E-state index >= 15 is 0 Å². The predicted molar refractivity (Wildman–Crippen MR) is 100 cm³/mol. The highest BCUT2D eigenvalue weighted by Crippen LogP contribution is 2.29. The molecule has 0 aliphatic carbocycles. The molecule has 3 heterocycles. The van der Waals surface area contributed by atoms with Gasteiger partial charge in [0, 0.05) is 36.2 Å². The van der Waals surface area contributed by atoms with E-state index in [1.807, 2.05) is 0 Å². The summed E-state index contributed by atoms with van der Waals surface area (Å²) in [5.41, 5.74) is 3.28. The lowest BCUT2D eigenvalue weighted by atomic mass is 9.87. The van der Waals surface area contributed by atoms with Crippen LogP contribution in [0.4, 0.5) is 0 Å². The summed E-state index contributed by atoms with van der Waals surface area (Å²) in [6, 6.07) is 7.00. The summed E-state index contributed by atoms with van der Waals surface area (Å²) in [5.74, 6) is -0.145. The van der Waals surface area contributed by atoms with Crippen LogP contribution in [-0.4, -0.2) is 42.5 Å². The van der Waals surface area contributed by atoms with Gasteiger partial charge in [0.15, 0.2) is 0 Å². The van der Waals surface area contributed by atoms with Gasteiger partial charge in [-0.25, -0.2) is 4.68 Å². The first-order valence-electron chi connectivity index (χ1n) is 9.01. The first-order chi connectivity index (χ1) is 12.8. The third-order valence-corrected chi connectivity index (χ3v) is 4.91. The molecule has 0 fully saturated rings. The quantitative estimate of drug-likeness (QED) is 0.739. The largest absolute Gasteiger partial charge is 0.336 e. The van der Waals surface area contributed by atoms with Crippen molar-refractivity contribution in [2.24, 2.45) is 0 Å². The van der Waals surface area contributed by atoms with E-state index in [-0.39, 0.29) is 23.4 Å². The second-order valence-corrected chi connectivity index (χ2v) is 7.91. The van der Waals surface area contributed by atoms with Crippen LogP contribution in [0.15, 0.2) is 29.1 Å². The number of carbonyl (C=O) groups excluding carboxylic acids is 1. The molecule has 0 saturated carbocycles. The van der Waals surface area contributed by atoms with Crippen molar-refractivity contribution in [2.45, 2.75) is 45.7 Å². The van der Waals surface area contributed by atoms with Crippen LogP contribution in [0.25, 0.3) is 10.9 Å². The average Bonchev–Trinajstić information content (AvgIpc) is 3.07. The average molecular weight is 366 g/mol. The Bertz CT molecular complexity index is 1080. The molecular formula is C19H22N6O2. The van der Waals surface area contributed by atoms with Gasteiger partial charge >= 0.3 is 0 Å². The fraction of sp³-hybridized carbons (Fsp3) is 0.421. The molecule has 1 aromatic carbocycles. The number of nitrogens with one attached hydrogen (secondary N) is 1. The van der Waals surface area contributed by atoms with Crippen molar-refractivity contribution in [3.63, 3.8) is 0 Å². The molecule has 1 aliphatic heterocycles. The summed E-state index contributed by atoms with van der Waals surface area (Å²) in [6.07, 6.45) is 0.725. The van der Waals surface area contributed by atoms with Gasteiger partial charge in [-0.2, -0.15) is 5.10 Å². The van der Waals surface area contributed by atoms with Gasteiger partial charge in [0.2, 0.25) is 5.91 Å². The smallest absolute Gasteiger partial charge is 0.278 e. The van der Waals surface area contributed by atoms with Crippen molar-refractivity contribution < 1.29 is 4.79 Å². The summed E-state index contributed by atoms with van der Waals surface area (Å²) in [5, 5.41) is 16.0. The molecule has 8 nitrogen and oxygen atoms in total. The lowest BCUT2D eigenvalue weighted by Crippen LogP contribution is -2.40. The van der Waals surface area contributed by atoms with E-state index < -0.39 is 0 Å². The number of nitrogens with zero attached hydrogens (tertiary/aromatic N) is 5. The molecule has 0 bridgehead atoms. The van der Waals surface area contributed by atoms with Crippen LogP contribution in [0.2, 0.25) is 0 Å². The standard InChI is InChI=1S/C19H22N6O2/c1-19(2,3)17-13-10-24(9-8-15(13)20-22-17)16(26)11-25-18(27)12-6-4-5-7-14(12)21-23-25/h4-7H,8-11H2,1-3H3,(H,20,22). The molecule has 2 aromatic heterocycles. The number of hydrogen-bond donors (Lipinski definition) is 1. The van der Waals surface area contributed by atoms with Gasteiger partial charge in [-0.1, -0.05) is 38.1 Å². The normalized spacial score (nSPS) is 14.4. The minimum atomic E-state index is -0.301. The Kier molecular flexibility index (Phi) is 4.05. The summed E-state index contributed by atoms with van der Waals surface area (Å²) in [6.45, 7) is 7.28. The first-order valence-corrected chi connectivity index (χ1v) is 9.01. The Balaban J connectivity index is 1.58. The van der Waals surface area contributed by atoms with Gasteiger partial charge in [0.25, 0.3) is 5.56 Å². The van der Waals surface area contributed by atoms with Gasteiger partial charge in [-0.3, -0.25) is 14.7 Å². The Hall–Kier alpha value is -3.03. The van der Waals surface area contributed by atoms with Crippen LogP contribution < -0.4 is 5.56 Å². The van der Waals surface area contributed by atoms with E-state index in [1.165, 1.54) is 0 Å². The van der Waals surface area contributed by atoms with Crippen LogP contribution in [-0.2, 0) is 29.7 Å². The zero-order valence-corrected chi connectivity index (χ0v) is 15.7. The monoisotopic (exact) mass is 366 g/mol. The molecule has 27 heavy (non-hydrogen) atoms. The molecule has 8 heteroatoms. The zero-order chi connectivity index (χ0) is 19.2. The molecule has 4 rings (SSSR count). The maximum Gasteiger partial charge on any atom is 0.278 e. The van der Waals surface area contributed by atoms with Crippen LogP contribution in [0.3, 0.4) is 0 Å². The zero-order valence-electron chi connectivity index (χ0n) is 15.7. The number of benzene rings is 1. The number of fused-ring (bicyclic) bond motifs is 2. The molecule has 0 radical (unpaired) electrons. The second-order valence-electron chi connectivity index (χ2n) is 7.91.